The fourth-order valence-corrected chi connectivity index (χ4v) is 2.71. The van der Waals surface area contributed by atoms with Crippen molar-refractivity contribution in [3.8, 4) is 11.3 Å². The lowest BCUT2D eigenvalue weighted by Crippen LogP contribution is -2.06. The van der Waals surface area contributed by atoms with Crippen molar-refractivity contribution in [3.05, 3.63) is 47.9 Å². The number of benzene rings is 1. The van der Waals surface area contributed by atoms with Crippen LogP contribution >= 0.6 is 0 Å². The van der Waals surface area contributed by atoms with Crippen LogP contribution in [0.4, 0.5) is 10.2 Å². The second kappa shape index (κ2) is 6.36. The number of hydrogen-bond acceptors (Lipinski definition) is 3. The van der Waals surface area contributed by atoms with Crippen molar-refractivity contribution in [2.24, 2.45) is 0 Å². The molecule has 1 atom stereocenters. The molecule has 23 heavy (non-hydrogen) atoms. The lowest BCUT2D eigenvalue weighted by molar-refractivity contribution is 0.629. The summed E-state index contributed by atoms with van der Waals surface area (Å²) in [7, 11) is 0. The van der Waals surface area contributed by atoms with Gasteiger partial charge in [-0.15, -0.1) is 5.10 Å². The minimum absolute atomic E-state index is 0.226. The van der Waals surface area contributed by atoms with E-state index in [4.69, 9.17) is 0 Å². The summed E-state index contributed by atoms with van der Waals surface area (Å²) in [5.41, 5.74) is 2.89. The van der Waals surface area contributed by atoms with E-state index in [1.807, 2.05) is 29.6 Å². The minimum atomic E-state index is -0.257. The molecule has 0 saturated heterocycles. The molecule has 3 aromatic rings. The topological polar surface area (TPSA) is 42.2 Å². The van der Waals surface area contributed by atoms with E-state index in [1.54, 1.807) is 12.1 Å². The van der Waals surface area contributed by atoms with E-state index in [0.717, 1.165) is 30.1 Å². The van der Waals surface area contributed by atoms with Gasteiger partial charge >= 0.3 is 0 Å². The Balaban J connectivity index is 2.27. The Hall–Kier alpha value is -2.43. The third kappa shape index (κ3) is 2.79. The van der Waals surface area contributed by atoms with Gasteiger partial charge in [-0.25, -0.2) is 13.9 Å². The van der Waals surface area contributed by atoms with Gasteiger partial charge in [0.05, 0.1) is 11.4 Å². The first kappa shape index (κ1) is 15.5. The number of imidazole rings is 1. The highest BCUT2D eigenvalue weighted by Gasteiger charge is 2.21. The Morgan fingerprint density at radius 3 is 2.65 bits per heavy atom. The summed E-state index contributed by atoms with van der Waals surface area (Å²) in [6.07, 6.45) is 0.933. The van der Waals surface area contributed by atoms with Gasteiger partial charge in [-0.1, -0.05) is 26.0 Å². The second-order valence-electron chi connectivity index (χ2n) is 5.65. The molecule has 0 radical (unpaired) electrons. The molecule has 3 rings (SSSR count). The van der Waals surface area contributed by atoms with E-state index >= 15 is 0 Å². The van der Waals surface area contributed by atoms with E-state index in [2.05, 4.69) is 29.2 Å². The van der Waals surface area contributed by atoms with Gasteiger partial charge in [0.2, 0.25) is 0 Å². The van der Waals surface area contributed by atoms with Crippen LogP contribution in [0.15, 0.2) is 36.4 Å². The highest BCUT2D eigenvalue weighted by atomic mass is 19.1. The number of halogens is 1. The summed E-state index contributed by atoms with van der Waals surface area (Å²) < 4.78 is 16.1. The zero-order chi connectivity index (χ0) is 16.4. The zero-order valence-corrected chi connectivity index (χ0v) is 13.7. The minimum Gasteiger partial charge on any atom is -0.369 e. The van der Waals surface area contributed by atoms with Gasteiger partial charge in [0.25, 0.3) is 0 Å². The molecule has 0 aliphatic heterocycles. The van der Waals surface area contributed by atoms with Crippen LogP contribution in [-0.4, -0.2) is 21.1 Å². The lowest BCUT2D eigenvalue weighted by atomic mass is 9.99. The average molecular weight is 312 g/mol. The standard InChI is InChI=1S/C18H21FN4/c1-4-12(3)18-17(13-8-6-7-9-14(13)19)21-16-11-10-15(20-5-2)22-23(16)18/h6-12H,4-5H2,1-3H3,(H,20,22). The molecule has 120 valence electrons. The first-order valence-electron chi connectivity index (χ1n) is 8.04. The van der Waals surface area contributed by atoms with Crippen LogP contribution in [0.1, 0.15) is 38.8 Å². The summed E-state index contributed by atoms with van der Waals surface area (Å²) in [5, 5.41) is 7.84. The van der Waals surface area contributed by atoms with Crippen LogP contribution in [0.3, 0.4) is 0 Å². The van der Waals surface area contributed by atoms with Gasteiger partial charge in [0, 0.05) is 18.0 Å². The molecule has 1 unspecified atom stereocenters. The van der Waals surface area contributed by atoms with Crippen molar-refractivity contribution in [1.82, 2.24) is 14.6 Å². The largest absolute Gasteiger partial charge is 0.369 e. The SMILES string of the molecule is CCNc1ccc2nc(-c3ccccc3F)c(C(C)CC)n2n1. The summed E-state index contributed by atoms with van der Waals surface area (Å²) in [4.78, 5) is 4.65. The molecule has 2 heterocycles. The average Bonchev–Trinajstić information content (AvgIpc) is 2.93. The summed E-state index contributed by atoms with van der Waals surface area (Å²) >= 11 is 0. The van der Waals surface area contributed by atoms with E-state index in [9.17, 15) is 4.39 Å². The second-order valence-corrected chi connectivity index (χ2v) is 5.65. The summed E-state index contributed by atoms with van der Waals surface area (Å²) in [6.45, 7) is 7.06. The number of aromatic nitrogens is 3. The molecule has 1 N–H and O–H groups in total. The molecule has 4 nitrogen and oxygen atoms in total. The van der Waals surface area contributed by atoms with E-state index < -0.39 is 0 Å². The Kier molecular flexibility index (Phi) is 4.28. The molecule has 0 bridgehead atoms. The van der Waals surface area contributed by atoms with Crippen LogP contribution in [0.2, 0.25) is 0 Å². The fourth-order valence-electron chi connectivity index (χ4n) is 2.71. The van der Waals surface area contributed by atoms with Crippen molar-refractivity contribution in [3.63, 3.8) is 0 Å². The van der Waals surface area contributed by atoms with E-state index in [1.165, 1.54) is 6.07 Å². The van der Waals surface area contributed by atoms with Gasteiger partial charge in [-0.05, 0) is 37.6 Å². The zero-order valence-electron chi connectivity index (χ0n) is 13.7. The van der Waals surface area contributed by atoms with Gasteiger partial charge < -0.3 is 5.32 Å². The maximum atomic E-state index is 14.3. The molecular weight excluding hydrogens is 291 g/mol. The van der Waals surface area contributed by atoms with Crippen molar-refractivity contribution in [1.29, 1.82) is 0 Å². The predicted octanol–water partition coefficient (Wildman–Crippen LogP) is 4.48. The van der Waals surface area contributed by atoms with Crippen molar-refractivity contribution in [2.45, 2.75) is 33.1 Å². The quantitative estimate of drug-likeness (QED) is 0.755. The molecule has 0 fully saturated rings. The lowest BCUT2D eigenvalue weighted by Gasteiger charge is -2.12. The first-order chi connectivity index (χ1) is 11.2. The van der Waals surface area contributed by atoms with E-state index in [0.29, 0.717) is 11.3 Å². The normalized spacial score (nSPS) is 12.5. The summed E-state index contributed by atoms with van der Waals surface area (Å²) in [5.74, 6) is 0.762. The molecule has 0 spiro atoms. The third-order valence-electron chi connectivity index (χ3n) is 4.08. The molecule has 0 aliphatic carbocycles. The van der Waals surface area contributed by atoms with Crippen LogP contribution in [0.5, 0.6) is 0 Å². The predicted molar refractivity (Wildman–Crippen MR) is 91.3 cm³/mol. The monoisotopic (exact) mass is 312 g/mol. The number of nitrogens with one attached hydrogen (secondary N) is 1. The van der Waals surface area contributed by atoms with Crippen molar-refractivity contribution in [2.75, 3.05) is 11.9 Å². The third-order valence-corrected chi connectivity index (χ3v) is 4.08. The van der Waals surface area contributed by atoms with Crippen molar-refractivity contribution < 1.29 is 4.39 Å². The van der Waals surface area contributed by atoms with Gasteiger partial charge in [-0.2, -0.15) is 0 Å². The van der Waals surface area contributed by atoms with Crippen LogP contribution < -0.4 is 5.32 Å². The van der Waals surface area contributed by atoms with Gasteiger partial charge in [-0.3, -0.25) is 0 Å². The molecule has 0 saturated carbocycles. The van der Waals surface area contributed by atoms with Crippen LogP contribution in [0, 0.1) is 5.82 Å². The smallest absolute Gasteiger partial charge is 0.154 e. The van der Waals surface area contributed by atoms with E-state index in [-0.39, 0.29) is 11.7 Å². The molecule has 5 heteroatoms. The highest BCUT2D eigenvalue weighted by Crippen LogP contribution is 2.32. The Bertz CT molecular complexity index is 825. The number of hydrogen-bond donors (Lipinski definition) is 1. The maximum absolute atomic E-state index is 14.3. The molecule has 2 aromatic heterocycles. The Labute approximate surface area is 135 Å². The fraction of sp³-hybridized carbons (Fsp3) is 0.333. The van der Waals surface area contributed by atoms with Crippen LogP contribution in [0.25, 0.3) is 16.9 Å². The Morgan fingerprint density at radius 1 is 1.17 bits per heavy atom. The van der Waals surface area contributed by atoms with Crippen LogP contribution in [-0.2, 0) is 0 Å². The maximum Gasteiger partial charge on any atom is 0.154 e. The number of fused-ring (bicyclic) bond motifs is 1. The Morgan fingerprint density at radius 2 is 1.96 bits per heavy atom. The number of anilines is 1. The molecular formula is C18H21FN4. The molecule has 0 aliphatic rings. The summed E-state index contributed by atoms with van der Waals surface area (Å²) in [6, 6.07) is 10.6. The van der Waals surface area contributed by atoms with Gasteiger partial charge in [0.15, 0.2) is 5.65 Å². The first-order valence-corrected chi connectivity index (χ1v) is 8.04. The highest BCUT2D eigenvalue weighted by molar-refractivity contribution is 5.68. The molecule has 1 aromatic carbocycles. The van der Waals surface area contributed by atoms with Gasteiger partial charge in [0.1, 0.15) is 11.6 Å². The van der Waals surface area contributed by atoms with Crippen molar-refractivity contribution >= 4 is 11.5 Å². The number of nitrogens with zero attached hydrogens (tertiary/aromatic N) is 3. The molecule has 0 amide bonds. The number of rotatable bonds is 5.